The van der Waals surface area contributed by atoms with E-state index >= 15 is 0 Å². The van der Waals surface area contributed by atoms with Crippen LogP contribution >= 0.6 is 0 Å². The van der Waals surface area contributed by atoms with Gasteiger partial charge in [0.05, 0.1) is 13.1 Å². The van der Waals surface area contributed by atoms with Crippen LogP contribution in [-0.2, 0) is 13.1 Å². The van der Waals surface area contributed by atoms with Crippen LogP contribution in [0.2, 0.25) is 0 Å². The highest BCUT2D eigenvalue weighted by molar-refractivity contribution is 4.90. The minimum Gasteiger partial charge on any atom is -0.293 e. The van der Waals surface area contributed by atoms with E-state index in [4.69, 9.17) is 0 Å². The molecule has 22 heavy (non-hydrogen) atoms. The van der Waals surface area contributed by atoms with E-state index in [-0.39, 0.29) is 6.67 Å². The van der Waals surface area contributed by atoms with Gasteiger partial charge in [-0.15, -0.1) is 0 Å². The molecule has 1 aliphatic heterocycles. The van der Waals surface area contributed by atoms with E-state index in [1.807, 2.05) is 0 Å². The molecule has 0 N–H and O–H groups in total. The number of aryl methyl sites for hydroxylation is 1. The van der Waals surface area contributed by atoms with Crippen LogP contribution in [-0.4, -0.2) is 38.9 Å². The average molecular weight is 308 g/mol. The Kier molecular flexibility index (Phi) is 5.82. The number of aromatic nitrogens is 3. The van der Waals surface area contributed by atoms with Crippen molar-refractivity contribution in [2.24, 2.45) is 5.92 Å². The van der Waals surface area contributed by atoms with Crippen LogP contribution in [0.5, 0.6) is 0 Å². The van der Waals surface area contributed by atoms with E-state index in [0.29, 0.717) is 12.6 Å². The van der Waals surface area contributed by atoms with E-state index in [9.17, 15) is 4.39 Å². The van der Waals surface area contributed by atoms with Crippen LogP contribution in [0.15, 0.2) is 6.33 Å². The van der Waals surface area contributed by atoms with Crippen molar-refractivity contribution in [2.45, 2.75) is 76.9 Å². The Hall–Kier alpha value is -0.970. The molecule has 1 aliphatic carbocycles. The molecule has 5 heteroatoms. The molecule has 2 fully saturated rings. The maximum absolute atomic E-state index is 12.6. The largest absolute Gasteiger partial charge is 0.293 e. The van der Waals surface area contributed by atoms with Crippen molar-refractivity contribution in [3.8, 4) is 0 Å². The number of hydrogen-bond donors (Lipinski definition) is 0. The van der Waals surface area contributed by atoms with Gasteiger partial charge in [0.15, 0.2) is 0 Å². The first-order chi connectivity index (χ1) is 10.9. The molecule has 4 nitrogen and oxygen atoms in total. The average Bonchev–Trinajstić information content (AvgIpc) is 2.85. The van der Waals surface area contributed by atoms with Gasteiger partial charge < -0.3 is 0 Å². The molecule has 1 aromatic rings. The maximum atomic E-state index is 12.6. The van der Waals surface area contributed by atoms with Crippen LogP contribution in [0.3, 0.4) is 0 Å². The van der Waals surface area contributed by atoms with E-state index in [0.717, 1.165) is 24.8 Å². The Bertz CT molecular complexity index is 442. The third-order valence-corrected chi connectivity index (χ3v) is 5.44. The first-order valence-corrected chi connectivity index (χ1v) is 9.05. The standard InChI is InChI=1S/C17H29FN4/c18-10-12-22-17(19-14-20-22)13-21-11-6-2-5-9-16(21)15-7-3-1-4-8-15/h14-16H,1-13H2. The van der Waals surface area contributed by atoms with Gasteiger partial charge in [0.1, 0.15) is 18.8 Å². The topological polar surface area (TPSA) is 34.0 Å². The molecule has 2 aliphatic rings. The first kappa shape index (κ1) is 15.9. The fourth-order valence-electron chi connectivity index (χ4n) is 4.30. The minimum absolute atomic E-state index is 0.331. The van der Waals surface area contributed by atoms with E-state index in [1.165, 1.54) is 57.8 Å². The highest BCUT2D eigenvalue weighted by atomic mass is 19.1. The zero-order valence-electron chi connectivity index (χ0n) is 13.6. The summed E-state index contributed by atoms with van der Waals surface area (Å²) < 4.78 is 14.4. The summed E-state index contributed by atoms with van der Waals surface area (Å²) in [5, 5.41) is 4.17. The lowest BCUT2D eigenvalue weighted by Crippen LogP contribution is -2.41. The number of rotatable bonds is 5. The first-order valence-electron chi connectivity index (χ1n) is 9.05. The number of alkyl halides is 1. The molecular formula is C17H29FN4. The Balaban J connectivity index is 1.70. The summed E-state index contributed by atoms with van der Waals surface area (Å²) in [6.45, 7) is 1.95. The molecule has 1 unspecified atom stereocenters. The molecule has 0 spiro atoms. The van der Waals surface area contributed by atoms with Crippen molar-refractivity contribution in [3.63, 3.8) is 0 Å². The highest BCUT2D eigenvalue weighted by Gasteiger charge is 2.30. The Morgan fingerprint density at radius 2 is 1.82 bits per heavy atom. The minimum atomic E-state index is -0.373. The summed E-state index contributed by atoms with van der Waals surface area (Å²) in [7, 11) is 0. The van der Waals surface area contributed by atoms with Gasteiger partial charge in [-0.3, -0.25) is 4.90 Å². The van der Waals surface area contributed by atoms with Gasteiger partial charge in [0, 0.05) is 6.04 Å². The second kappa shape index (κ2) is 8.04. The fourth-order valence-corrected chi connectivity index (χ4v) is 4.30. The second-order valence-electron chi connectivity index (χ2n) is 6.87. The molecule has 1 saturated carbocycles. The van der Waals surface area contributed by atoms with Gasteiger partial charge in [-0.2, -0.15) is 5.10 Å². The Labute approximate surface area is 133 Å². The molecule has 3 rings (SSSR count). The van der Waals surface area contributed by atoms with Crippen LogP contribution in [0, 0.1) is 5.92 Å². The van der Waals surface area contributed by atoms with Gasteiger partial charge in [-0.25, -0.2) is 14.1 Å². The molecule has 124 valence electrons. The second-order valence-corrected chi connectivity index (χ2v) is 6.87. The van der Waals surface area contributed by atoms with Crippen molar-refractivity contribution in [1.29, 1.82) is 0 Å². The normalized spacial score (nSPS) is 25.2. The van der Waals surface area contributed by atoms with Crippen LogP contribution in [0.25, 0.3) is 0 Å². The smallest absolute Gasteiger partial charge is 0.141 e. The molecule has 1 saturated heterocycles. The summed E-state index contributed by atoms with van der Waals surface area (Å²) in [5.74, 6) is 1.78. The van der Waals surface area contributed by atoms with E-state index in [1.54, 1.807) is 11.0 Å². The molecule has 1 aromatic heterocycles. The van der Waals surface area contributed by atoms with Gasteiger partial charge in [0.2, 0.25) is 0 Å². The van der Waals surface area contributed by atoms with Crippen LogP contribution < -0.4 is 0 Å². The van der Waals surface area contributed by atoms with Crippen LogP contribution in [0.4, 0.5) is 4.39 Å². The Morgan fingerprint density at radius 1 is 1.05 bits per heavy atom. The lowest BCUT2D eigenvalue weighted by Gasteiger charge is -2.37. The zero-order chi connectivity index (χ0) is 15.2. The molecule has 1 atom stereocenters. The highest BCUT2D eigenvalue weighted by Crippen LogP contribution is 2.33. The van der Waals surface area contributed by atoms with Crippen molar-refractivity contribution in [3.05, 3.63) is 12.2 Å². The number of nitrogens with zero attached hydrogens (tertiary/aromatic N) is 4. The third-order valence-electron chi connectivity index (χ3n) is 5.44. The Morgan fingerprint density at radius 3 is 2.64 bits per heavy atom. The predicted molar refractivity (Wildman–Crippen MR) is 85.2 cm³/mol. The summed E-state index contributed by atoms with van der Waals surface area (Å²) in [6.07, 6.45) is 13.8. The number of halogens is 1. The fraction of sp³-hybridized carbons (Fsp3) is 0.882. The maximum Gasteiger partial charge on any atom is 0.141 e. The lowest BCUT2D eigenvalue weighted by atomic mass is 9.81. The zero-order valence-corrected chi connectivity index (χ0v) is 13.6. The molecule has 0 amide bonds. The quantitative estimate of drug-likeness (QED) is 0.834. The molecule has 0 bridgehead atoms. The van der Waals surface area contributed by atoms with Gasteiger partial charge >= 0.3 is 0 Å². The number of likely N-dealkylation sites (tertiary alicyclic amines) is 1. The molecule has 0 radical (unpaired) electrons. The third kappa shape index (κ3) is 3.86. The van der Waals surface area contributed by atoms with Crippen molar-refractivity contribution in [1.82, 2.24) is 19.7 Å². The predicted octanol–water partition coefficient (Wildman–Crippen LogP) is 3.57. The summed E-state index contributed by atoms with van der Waals surface area (Å²) in [4.78, 5) is 7.01. The van der Waals surface area contributed by atoms with Gasteiger partial charge in [-0.1, -0.05) is 32.1 Å². The SMILES string of the molecule is FCCn1ncnc1CN1CCCCCC1C1CCCCC1. The van der Waals surface area contributed by atoms with E-state index < -0.39 is 0 Å². The van der Waals surface area contributed by atoms with Crippen molar-refractivity contribution >= 4 is 0 Å². The summed E-state index contributed by atoms with van der Waals surface area (Å²) in [5.41, 5.74) is 0. The van der Waals surface area contributed by atoms with Crippen molar-refractivity contribution in [2.75, 3.05) is 13.2 Å². The summed E-state index contributed by atoms with van der Waals surface area (Å²) in [6, 6.07) is 0.693. The van der Waals surface area contributed by atoms with Gasteiger partial charge in [-0.05, 0) is 38.1 Å². The molecule has 2 heterocycles. The summed E-state index contributed by atoms with van der Waals surface area (Å²) >= 11 is 0. The number of hydrogen-bond acceptors (Lipinski definition) is 3. The van der Waals surface area contributed by atoms with Crippen molar-refractivity contribution < 1.29 is 4.39 Å². The molecular weight excluding hydrogens is 279 g/mol. The van der Waals surface area contributed by atoms with Crippen LogP contribution in [0.1, 0.15) is 63.6 Å². The monoisotopic (exact) mass is 308 g/mol. The molecule has 0 aromatic carbocycles. The lowest BCUT2D eigenvalue weighted by molar-refractivity contribution is 0.107. The van der Waals surface area contributed by atoms with E-state index in [2.05, 4.69) is 15.0 Å². The van der Waals surface area contributed by atoms with Gasteiger partial charge in [0.25, 0.3) is 0 Å².